The average molecular weight is 282 g/mol. The molecular weight excluding hydrogens is 260 g/mol. The van der Waals surface area contributed by atoms with Gasteiger partial charge in [0.2, 0.25) is 12.1 Å². The quantitative estimate of drug-likeness (QED) is 0.504. The molecule has 0 amide bonds. The molecule has 1 spiro atoms. The lowest BCUT2D eigenvalue weighted by Gasteiger charge is -2.57. The second-order valence-corrected chi connectivity index (χ2v) is 7.14. The highest BCUT2D eigenvalue weighted by Gasteiger charge is 2.69. The topological polar surface area (TPSA) is 54.0 Å². The molecule has 1 aliphatic carbocycles. The SMILES string of the molecule is C[C@@H]1CCC2[C@@H](C)C(=O)OC3OC4(C)CCC1[C@]32OO4. The van der Waals surface area contributed by atoms with Crippen LogP contribution in [0, 0.1) is 23.7 Å². The molecule has 4 aliphatic heterocycles. The Hall–Kier alpha value is -0.650. The number of ether oxygens (including phenoxy) is 2. The molecule has 5 fully saturated rings. The van der Waals surface area contributed by atoms with Crippen molar-refractivity contribution in [1.82, 2.24) is 0 Å². The van der Waals surface area contributed by atoms with E-state index in [0.717, 1.165) is 25.7 Å². The molecule has 0 aromatic carbocycles. The summed E-state index contributed by atoms with van der Waals surface area (Å²) in [5.41, 5.74) is -0.610. The van der Waals surface area contributed by atoms with Gasteiger partial charge < -0.3 is 9.47 Å². The van der Waals surface area contributed by atoms with Crippen LogP contribution in [0.4, 0.5) is 0 Å². The summed E-state index contributed by atoms with van der Waals surface area (Å²) in [5, 5.41) is 0. The maximum absolute atomic E-state index is 12.1. The van der Waals surface area contributed by atoms with Crippen LogP contribution in [0.3, 0.4) is 0 Å². The molecule has 4 heterocycles. The fraction of sp³-hybridized carbons (Fsp3) is 0.933. The Kier molecular flexibility index (Phi) is 2.58. The summed E-state index contributed by atoms with van der Waals surface area (Å²) < 4.78 is 11.6. The molecule has 5 heteroatoms. The molecule has 0 aromatic rings. The molecule has 5 nitrogen and oxygen atoms in total. The van der Waals surface area contributed by atoms with Crippen molar-refractivity contribution in [2.24, 2.45) is 23.7 Å². The molecule has 5 rings (SSSR count). The Morgan fingerprint density at radius 2 is 1.90 bits per heavy atom. The van der Waals surface area contributed by atoms with Gasteiger partial charge in [-0.1, -0.05) is 13.8 Å². The minimum atomic E-state index is -0.793. The van der Waals surface area contributed by atoms with Crippen LogP contribution in [0.5, 0.6) is 0 Å². The van der Waals surface area contributed by atoms with Gasteiger partial charge in [-0.15, -0.1) is 0 Å². The first-order valence-electron chi connectivity index (χ1n) is 7.71. The van der Waals surface area contributed by atoms with Gasteiger partial charge in [-0.3, -0.25) is 4.79 Å². The monoisotopic (exact) mass is 282 g/mol. The first-order valence-corrected chi connectivity index (χ1v) is 7.71. The number of rotatable bonds is 0. The largest absolute Gasteiger partial charge is 0.432 e. The van der Waals surface area contributed by atoms with E-state index in [1.807, 2.05) is 13.8 Å². The number of carbonyl (C=O) groups excluding carboxylic acids is 1. The zero-order valence-electron chi connectivity index (χ0n) is 12.3. The van der Waals surface area contributed by atoms with Crippen LogP contribution in [0.25, 0.3) is 0 Å². The number of carbonyl (C=O) groups is 1. The van der Waals surface area contributed by atoms with Gasteiger partial charge in [0.15, 0.2) is 5.60 Å². The molecule has 0 N–H and O–H groups in total. The van der Waals surface area contributed by atoms with Crippen LogP contribution in [-0.4, -0.2) is 23.6 Å². The Morgan fingerprint density at radius 1 is 1.10 bits per heavy atom. The Bertz CT molecular complexity index is 452. The Labute approximate surface area is 118 Å². The number of hydrogen-bond donors (Lipinski definition) is 0. The maximum Gasteiger partial charge on any atom is 0.311 e. The molecule has 2 bridgehead atoms. The Balaban J connectivity index is 1.84. The number of esters is 1. The van der Waals surface area contributed by atoms with Gasteiger partial charge in [0, 0.05) is 18.3 Å². The van der Waals surface area contributed by atoms with E-state index in [2.05, 4.69) is 6.92 Å². The summed E-state index contributed by atoms with van der Waals surface area (Å²) in [4.78, 5) is 23.7. The van der Waals surface area contributed by atoms with Crippen molar-refractivity contribution in [2.75, 3.05) is 0 Å². The lowest BCUT2D eigenvalue weighted by Crippen LogP contribution is -2.69. The Morgan fingerprint density at radius 3 is 2.70 bits per heavy atom. The smallest absolute Gasteiger partial charge is 0.311 e. The molecule has 20 heavy (non-hydrogen) atoms. The predicted octanol–water partition coefficient (Wildman–Crippen LogP) is 2.39. The van der Waals surface area contributed by atoms with Gasteiger partial charge in [-0.2, -0.15) is 0 Å². The van der Waals surface area contributed by atoms with Crippen LogP contribution in [0.15, 0.2) is 0 Å². The van der Waals surface area contributed by atoms with E-state index in [1.54, 1.807) is 0 Å². The third kappa shape index (κ3) is 1.46. The molecule has 1 saturated carbocycles. The van der Waals surface area contributed by atoms with Crippen molar-refractivity contribution in [1.29, 1.82) is 0 Å². The third-order valence-electron chi connectivity index (χ3n) is 5.97. The third-order valence-corrected chi connectivity index (χ3v) is 5.97. The van der Waals surface area contributed by atoms with E-state index in [4.69, 9.17) is 19.2 Å². The van der Waals surface area contributed by atoms with E-state index in [-0.39, 0.29) is 17.8 Å². The first-order chi connectivity index (χ1) is 9.46. The molecule has 112 valence electrons. The summed E-state index contributed by atoms with van der Waals surface area (Å²) in [6.07, 6.45) is 3.24. The molecular formula is C15H22O5. The van der Waals surface area contributed by atoms with Gasteiger partial charge in [0.25, 0.3) is 0 Å². The second-order valence-electron chi connectivity index (χ2n) is 7.14. The molecule has 0 aromatic heterocycles. The summed E-state index contributed by atoms with van der Waals surface area (Å²) in [6.45, 7) is 6.06. The zero-order valence-corrected chi connectivity index (χ0v) is 12.3. The van der Waals surface area contributed by atoms with Gasteiger partial charge in [-0.25, -0.2) is 9.78 Å². The summed E-state index contributed by atoms with van der Waals surface area (Å²) in [6, 6.07) is 0. The molecule has 4 saturated heterocycles. The minimum absolute atomic E-state index is 0.123. The van der Waals surface area contributed by atoms with E-state index < -0.39 is 17.7 Å². The highest BCUT2D eigenvalue weighted by atomic mass is 17.3. The predicted molar refractivity (Wildman–Crippen MR) is 68.0 cm³/mol. The van der Waals surface area contributed by atoms with Crippen LogP contribution >= 0.6 is 0 Å². The summed E-state index contributed by atoms with van der Waals surface area (Å²) in [5.74, 6) is -0.137. The molecule has 7 atom stereocenters. The molecule has 4 unspecified atom stereocenters. The van der Waals surface area contributed by atoms with Crippen LogP contribution in [-0.2, 0) is 24.0 Å². The first kappa shape index (κ1) is 13.0. The fourth-order valence-electron chi connectivity index (χ4n) is 4.76. The molecule has 0 radical (unpaired) electrons. The standard InChI is InChI=1S/C15H22O5/c1-8-4-5-11-9(2)12(16)17-13-15(11)10(8)6-7-14(3,18-13)19-20-15/h8-11,13H,4-7H2,1-3H3/t8-,9-,10?,11?,13?,14?,15-/m1/s1. The summed E-state index contributed by atoms with van der Waals surface area (Å²) in [7, 11) is 0. The van der Waals surface area contributed by atoms with Gasteiger partial charge >= 0.3 is 5.97 Å². The van der Waals surface area contributed by atoms with Gasteiger partial charge in [-0.05, 0) is 32.1 Å². The lowest BCUT2D eigenvalue weighted by molar-refractivity contribution is -0.559. The molecule has 5 aliphatic rings. The summed E-state index contributed by atoms with van der Waals surface area (Å²) >= 11 is 0. The van der Waals surface area contributed by atoms with Crippen molar-refractivity contribution in [3.05, 3.63) is 0 Å². The zero-order chi connectivity index (χ0) is 14.1. The normalized spacial score (nSPS) is 57.8. The lowest BCUT2D eigenvalue weighted by atomic mass is 9.58. The highest BCUT2D eigenvalue weighted by molar-refractivity contribution is 5.74. The number of hydrogen-bond acceptors (Lipinski definition) is 5. The fourth-order valence-corrected chi connectivity index (χ4v) is 4.76. The van der Waals surface area contributed by atoms with Crippen LogP contribution in [0.1, 0.15) is 46.5 Å². The minimum Gasteiger partial charge on any atom is -0.432 e. The van der Waals surface area contributed by atoms with E-state index >= 15 is 0 Å². The number of fused-ring (bicyclic) bond motifs is 2. The van der Waals surface area contributed by atoms with Crippen molar-refractivity contribution >= 4 is 5.97 Å². The van der Waals surface area contributed by atoms with Crippen LogP contribution < -0.4 is 0 Å². The highest BCUT2D eigenvalue weighted by Crippen LogP contribution is 2.59. The van der Waals surface area contributed by atoms with Crippen molar-refractivity contribution in [3.63, 3.8) is 0 Å². The second kappa shape index (κ2) is 3.96. The average Bonchev–Trinajstić information content (AvgIpc) is 2.63. The van der Waals surface area contributed by atoms with Crippen molar-refractivity contribution in [2.45, 2.75) is 64.1 Å². The van der Waals surface area contributed by atoms with Gasteiger partial charge in [0.1, 0.15) is 0 Å². The maximum atomic E-state index is 12.1. The van der Waals surface area contributed by atoms with E-state index in [0.29, 0.717) is 11.8 Å². The van der Waals surface area contributed by atoms with E-state index in [1.165, 1.54) is 0 Å². The van der Waals surface area contributed by atoms with E-state index in [9.17, 15) is 4.79 Å². The van der Waals surface area contributed by atoms with Crippen molar-refractivity contribution < 1.29 is 24.0 Å². The van der Waals surface area contributed by atoms with Crippen molar-refractivity contribution in [3.8, 4) is 0 Å². The van der Waals surface area contributed by atoms with Crippen LogP contribution in [0.2, 0.25) is 0 Å². The van der Waals surface area contributed by atoms with Gasteiger partial charge in [0.05, 0.1) is 5.92 Å².